The van der Waals surface area contributed by atoms with Crippen molar-refractivity contribution >= 4 is 17.5 Å². The Bertz CT molecular complexity index is 1030. The van der Waals surface area contributed by atoms with Crippen molar-refractivity contribution in [3.8, 4) is 11.8 Å². The summed E-state index contributed by atoms with van der Waals surface area (Å²) in [4.78, 5) is 27.1. The summed E-state index contributed by atoms with van der Waals surface area (Å²) in [7, 11) is 0. The molecule has 3 N–H and O–H groups in total. The third-order valence-electron chi connectivity index (χ3n) is 5.31. The topological polar surface area (TPSA) is 103 Å². The number of anilines is 1. The van der Waals surface area contributed by atoms with Gasteiger partial charge in [-0.3, -0.25) is 9.59 Å². The highest BCUT2D eigenvalue weighted by molar-refractivity contribution is 5.96. The average molecular weight is 480 g/mol. The maximum Gasteiger partial charge on any atom is 0.227 e. The van der Waals surface area contributed by atoms with Crippen molar-refractivity contribution in [2.24, 2.45) is 5.73 Å². The van der Waals surface area contributed by atoms with E-state index in [1.807, 2.05) is 48.5 Å². The quantitative estimate of drug-likeness (QED) is 0.317. The molecular weight excluding hydrogens is 446 g/mol. The molecule has 0 bridgehead atoms. The lowest BCUT2D eigenvalue weighted by atomic mass is 10.0. The molecule has 8 heteroatoms. The second-order valence-electron chi connectivity index (χ2n) is 7.88. The maximum absolute atomic E-state index is 13.1. The van der Waals surface area contributed by atoms with Crippen LogP contribution in [0.2, 0.25) is 0 Å². The molecule has 0 fully saturated rings. The first kappa shape index (κ1) is 26.4. The molecule has 1 aliphatic rings. The number of ether oxygens (including phenoxy) is 3. The third-order valence-corrected chi connectivity index (χ3v) is 5.31. The minimum absolute atomic E-state index is 0.108. The molecule has 0 spiro atoms. The van der Waals surface area contributed by atoms with E-state index in [0.717, 1.165) is 22.4 Å². The third kappa shape index (κ3) is 8.81. The Morgan fingerprint density at radius 1 is 0.829 bits per heavy atom. The zero-order chi connectivity index (χ0) is 24.7. The zero-order valence-corrected chi connectivity index (χ0v) is 20.0. The number of hydrogen-bond donors (Lipinski definition) is 2. The summed E-state index contributed by atoms with van der Waals surface area (Å²) in [6.07, 6.45) is 0.216. The number of fused-ring (bicyclic) bond motifs is 2. The lowest BCUT2D eigenvalue weighted by Crippen LogP contribution is -2.34. The van der Waals surface area contributed by atoms with Gasteiger partial charge in [0.05, 0.1) is 51.9 Å². The van der Waals surface area contributed by atoms with Gasteiger partial charge in [-0.05, 0) is 23.8 Å². The fourth-order valence-corrected chi connectivity index (χ4v) is 3.54. The summed E-state index contributed by atoms with van der Waals surface area (Å²) < 4.78 is 16.0. The van der Waals surface area contributed by atoms with Gasteiger partial charge in [-0.25, -0.2) is 0 Å². The number of carbonyl (C=O) groups excluding carboxylic acids is 2. The van der Waals surface area contributed by atoms with Gasteiger partial charge in [0.2, 0.25) is 11.8 Å². The van der Waals surface area contributed by atoms with Gasteiger partial charge in [0.1, 0.15) is 0 Å². The number of rotatable bonds is 14. The number of benzene rings is 2. The molecular formula is C27H33N3O5. The number of carbonyl (C=O) groups is 2. The monoisotopic (exact) mass is 479 g/mol. The Balaban J connectivity index is 1.39. The van der Waals surface area contributed by atoms with Crippen LogP contribution in [0.1, 0.15) is 29.5 Å². The second kappa shape index (κ2) is 14.9. The number of nitrogens with one attached hydrogen (secondary N) is 1. The highest BCUT2D eigenvalue weighted by Crippen LogP contribution is 2.26. The largest absolute Gasteiger partial charge is 0.378 e. The van der Waals surface area contributed by atoms with Crippen molar-refractivity contribution in [1.82, 2.24) is 5.32 Å². The summed E-state index contributed by atoms with van der Waals surface area (Å²) in [6.45, 7) is 4.09. The van der Waals surface area contributed by atoms with E-state index >= 15 is 0 Å². The number of para-hydroxylation sites is 1. The van der Waals surface area contributed by atoms with E-state index in [4.69, 9.17) is 19.9 Å². The van der Waals surface area contributed by atoms with Crippen LogP contribution < -0.4 is 16.0 Å². The standard InChI is InChI=1S/C27H33N3O5/c28-13-15-33-17-19-35-20-18-34-16-14-29-26(31)11-12-27(32)30-21-24-7-2-1-5-22(24)9-10-23-6-3-4-8-25(23)30/h1-8H,11-21,28H2,(H,29,31). The number of nitrogens with two attached hydrogens (primary N) is 1. The van der Waals surface area contributed by atoms with Crippen LogP contribution in [0.3, 0.4) is 0 Å². The molecule has 0 aliphatic carbocycles. The number of hydrogen-bond acceptors (Lipinski definition) is 6. The van der Waals surface area contributed by atoms with Crippen LogP contribution in [0.5, 0.6) is 0 Å². The SMILES string of the molecule is NCCOCCOCCOCCNC(=O)CCC(=O)N1Cc2ccccc2C#Cc2ccccc21. The molecule has 2 aromatic carbocycles. The van der Waals surface area contributed by atoms with Gasteiger partial charge in [0, 0.05) is 37.1 Å². The minimum Gasteiger partial charge on any atom is -0.378 e. The summed E-state index contributed by atoms with van der Waals surface area (Å²) in [5, 5.41) is 2.79. The molecule has 0 atom stereocenters. The van der Waals surface area contributed by atoms with E-state index in [1.54, 1.807) is 4.90 Å². The Labute approximate surface area is 206 Å². The molecule has 1 heterocycles. The van der Waals surface area contributed by atoms with Gasteiger partial charge in [-0.15, -0.1) is 0 Å². The smallest absolute Gasteiger partial charge is 0.227 e. The normalized spacial score (nSPS) is 12.0. The van der Waals surface area contributed by atoms with E-state index in [0.29, 0.717) is 59.3 Å². The van der Waals surface area contributed by atoms with Crippen molar-refractivity contribution in [2.75, 3.05) is 57.6 Å². The molecule has 1 aliphatic heterocycles. The molecule has 0 saturated heterocycles. The molecule has 35 heavy (non-hydrogen) atoms. The van der Waals surface area contributed by atoms with Crippen LogP contribution in [-0.4, -0.2) is 64.5 Å². The van der Waals surface area contributed by atoms with Gasteiger partial charge in [-0.1, -0.05) is 42.2 Å². The highest BCUT2D eigenvalue weighted by atomic mass is 16.5. The fraction of sp³-hybridized carbons (Fsp3) is 0.407. The fourth-order valence-electron chi connectivity index (χ4n) is 3.54. The summed E-state index contributed by atoms with van der Waals surface area (Å²) in [5.41, 5.74) is 8.78. The molecule has 0 radical (unpaired) electrons. The molecule has 2 amide bonds. The van der Waals surface area contributed by atoms with Crippen molar-refractivity contribution in [2.45, 2.75) is 19.4 Å². The lowest BCUT2D eigenvalue weighted by Gasteiger charge is -2.26. The maximum atomic E-state index is 13.1. The van der Waals surface area contributed by atoms with E-state index in [9.17, 15) is 9.59 Å². The summed E-state index contributed by atoms with van der Waals surface area (Å²) >= 11 is 0. The van der Waals surface area contributed by atoms with Crippen LogP contribution >= 0.6 is 0 Å². The predicted molar refractivity (Wildman–Crippen MR) is 134 cm³/mol. The van der Waals surface area contributed by atoms with Crippen LogP contribution in [0.15, 0.2) is 48.5 Å². The van der Waals surface area contributed by atoms with Crippen molar-refractivity contribution < 1.29 is 23.8 Å². The Hall–Kier alpha value is -3.22. The van der Waals surface area contributed by atoms with Gasteiger partial charge >= 0.3 is 0 Å². The first-order valence-corrected chi connectivity index (χ1v) is 11.9. The van der Waals surface area contributed by atoms with Gasteiger partial charge < -0.3 is 30.2 Å². The average Bonchev–Trinajstić information content (AvgIpc) is 2.87. The zero-order valence-electron chi connectivity index (χ0n) is 20.0. The van der Waals surface area contributed by atoms with Crippen LogP contribution in [0, 0.1) is 11.8 Å². The molecule has 0 unspecified atom stereocenters. The molecule has 8 nitrogen and oxygen atoms in total. The number of nitrogens with zero attached hydrogens (tertiary/aromatic N) is 1. The van der Waals surface area contributed by atoms with Crippen LogP contribution in [0.25, 0.3) is 0 Å². The Kier molecular flexibility index (Phi) is 11.2. The summed E-state index contributed by atoms with van der Waals surface area (Å²) in [5.74, 6) is 6.08. The molecule has 186 valence electrons. The molecule has 3 rings (SSSR count). The van der Waals surface area contributed by atoms with Crippen molar-refractivity contribution in [1.29, 1.82) is 0 Å². The van der Waals surface area contributed by atoms with Crippen LogP contribution in [0.4, 0.5) is 5.69 Å². The molecule has 0 aromatic heterocycles. The first-order chi connectivity index (χ1) is 17.2. The Morgan fingerprint density at radius 3 is 2.23 bits per heavy atom. The second-order valence-corrected chi connectivity index (χ2v) is 7.88. The van der Waals surface area contributed by atoms with Gasteiger partial charge in [-0.2, -0.15) is 0 Å². The minimum atomic E-state index is -0.184. The van der Waals surface area contributed by atoms with Crippen molar-refractivity contribution in [3.05, 3.63) is 65.2 Å². The summed E-state index contributed by atoms with van der Waals surface area (Å²) in [6, 6.07) is 15.4. The highest BCUT2D eigenvalue weighted by Gasteiger charge is 2.21. The predicted octanol–water partition coefficient (Wildman–Crippen LogP) is 1.84. The molecule has 2 aromatic rings. The first-order valence-electron chi connectivity index (χ1n) is 11.9. The van der Waals surface area contributed by atoms with E-state index in [-0.39, 0.29) is 24.7 Å². The van der Waals surface area contributed by atoms with E-state index < -0.39 is 0 Å². The van der Waals surface area contributed by atoms with Crippen LogP contribution in [-0.2, 0) is 30.3 Å². The van der Waals surface area contributed by atoms with E-state index in [1.165, 1.54) is 0 Å². The van der Waals surface area contributed by atoms with E-state index in [2.05, 4.69) is 17.2 Å². The lowest BCUT2D eigenvalue weighted by molar-refractivity contribution is -0.125. The van der Waals surface area contributed by atoms with Gasteiger partial charge in [0.25, 0.3) is 0 Å². The van der Waals surface area contributed by atoms with Crippen molar-refractivity contribution in [3.63, 3.8) is 0 Å². The Morgan fingerprint density at radius 2 is 1.46 bits per heavy atom. The number of amides is 2. The van der Waals surface area contributed by atoms with Gasteiger partial charge in [0.15, 0.2) is 0 Å². The molecule has 0 saturated carbocycles.